The summed E-state index contributed by atoms with van der Waals surface area (Å²) in [7, 11) is 0. The summed E-state index contributed by atoms with van der Waals surface area (Å²) in [6.45, 7) is 5.89. The van der Waals surface area contributed by atoms with Crippen LogP contribution in [-0.2, 0) is 4.79 Å². The molecular weight excluding hydrogens is 349 g/mol. The number of nitrogens with one attached hydrogen (secondary N) is 1. The van der Waals surface area contributed by atoms with E-state index >= 15 is 0 Å². The van der Waals surface area contributed by atoms with Gasteiger partial charge in [-0.25, -0.2) is 9.37 Å². The van der Waals surface area contributed by atoms with Crippen LogP contribution >= 0.6 is 11.3 Å². The van der Waals surface area contributed by atoms with Gasteiger partial charge in [0.1, 0.15) is 10.8 Å². The number of aromatic nitrogens is 1. The maximum Gasteiger partial charge on any atom is 0.225 e. The van der Waals surface area contributed by atoms with E-state index in [9.17, 15) is 9.18 Å². The lowest BCUT2D eigenvalue weighted by atomic mass is 9.74. The second kappa shape index (κ2) is 7.45. The third-order valence-corrected chi connectivity index (χ3v) is 6.64. The molecule has 1 aliphatic carbocycles. The van der Waals surface area contributed by atoms with Crippen molar-refractivity contribution >= 4 is 17.2 Å². The number of hydrogen-bond acceptors (Lipinski definition) is 4. The average molecular weight is 376 g/mol. The standard InChI is InChI=1S/C20H26FN3OS/c1-12(23-18(25)16-6-4-5-11-20(16,3)22)17-13(2)24-19(26-17)14-7-9-15(21)10-8-14/h7-10,12,16H,4-6,11,22H2,1-3H3,(H,23,25). The highest BCUT2D eigenvalue weighted by atomic mass is 32.1. The highest BCUT2D eigenvalue weighted by Crippen LogP contribution is 2.34. The molecule has 1 heterocycles. The summed E-state index contributed by atoms with van der Waals surface area (Å²) < 4.78 is 13.1. The van der Waals surface area contributed by atoms with Crippen molar-refractivity contribution in [2.75, 3.05) is 0 Å². The summed E-state index contributed by atoms with van der Waals surface area (Å²) in [6.07, 6.45) is 3.86. The average Bonchev–Trinajstić information content (AvgIpc) is 2.97. The number of hydrogen-bond donors (Lipinski definition) is 2. The molecule has 0 spiro atoms. The Kier molecular flexibility index (Phi) is 5.44. The minimum atomic E-state index is -0.440. The van der Waals surface area contributed by atoms with Crippen LogP contribution in [0.25, 0.3) is 10.6 Å². The van der Waals surface area contributed by atoms with E-state index < -0.39 is 5.54 Å². The van der Waals surface area contributed by atoms with Crippen molar-refractivity contribution in [2.45, 2.75) is 58.0 Å². The fraction of sp³-hybridized carbons (Fsp3) is 0.500. The molecule has 4 nitrogen and oxygen atoms in total. The molecule has 3 atom stereocenters. The summed E-state index contributed by atoms with van der Waals surface area (Å²) in [5.41, 5.74) is 7.69. The van der Waals surface area contributed by atoms with E-state index in [1.54, 1.807) is 12.1 Å². The monoisotopic (exact) mass is 375 g/mol. The van der Waals surface area contributed by atoms with Crippen molar-refractivity contribution in [3.8, 4) is 10.6 Å². The maximum absolute atomic E-state index is 13.1. The van der Waals surface area contributed by atoms with Crippen LogP contribution in [0.4, 0.5) is 4.39 Å². The summed E-state index contributed by atoms with van der Waals surface area (Å²) in [4.78, 5) is 18.4. The number of benzene rings is 1. The molecule has 1 amide bonds. The van der Waals surface area contributed by atoms with Crippen LogP contribution < -0.4 is 11.1 Å². The molecule has 0 aliphatic heterocycles. The third-order valence-electron chi connectivity index (χ3n) is 5.25. The van der Waals surface area contributed by atoms with Gasteiger partial charge in [0.2, 0.25) is 5.91 Å². The van der Waals surface area contributed by atoms with Crippen molar-refractivity contribution in [1.29, 1.82) is 0 Å². The molecule has 3 unspecified atom stereocenters. The molecule has 2 aromatic rings. The molecule has 0 bridgehead atoms. The smallest absolute Gasteiger partial charge is 0.225 e. The lowest BCUT2D eigenvalue weighted by Gasteiger charge is -2.37. The molecule has 1 aliphatic rings. The van der Waals surface area contributed by atoms with Crippen LogP contribution in [0.5, 0.6) is 0 Å². The lowest BCUT2D eigenvalue weighted by molar-refractivity contribution is -0.128. The molecule has 1 saturated carbocycles. The first kappa shape index (κ1) is 19.0. The van der Waals surface area contributed by atoms with Gasteiger partial charge in [0.15, 0.2) is 0 Å². The van der Waals surface area contributed by atoms with E-state index in [2.05, 4.69) is 10.3 Å². The minimum absolute atomic E-state index is 0.0262. The number of carbonyl (C=O) groups is 1. The molecular formula is C20H26FN3OS. The Morgan fingerprint density at radius 1 is 1.38 bits per heavy atom. The number of nitrogens with two attached hydrogens (primary N) is 1. The first-order valence-corrected chi connectivity index (χ1v) is 9.92. The molecule has 3 N–H and O–H groups in total. The molecule has 1 aromatic carbocycles. The number of rotatable bonds is 4. The number of nitrogens with zero attached hydrogens (tertiary/aromatic N) is 1. The van der Waals surface area contributed by atoms with Gasteiger partial charge in [-0.15, -0.1) is 11.3 Å². The molecule has 1 fully saturated rings. The Hall–Kier alpha value is -1.79. The Labute approximate surface area is 158 Å². The first-order valence-electron chi connectivity index (χ1n) is 9.10. The Morgan fingerprint density at radius 3 is 2.73 bits per heavy atom. The molecule has 3 rings (SSSR count). The highest BCUT2D eigenvalue weighted by molar-refractivity contribution is 7.15. The van der Waals surface area contributed by atoms with Gasteiger partial charge >= 0.3 is 0 Å². The van der Waals surface area contributed by atoms with Crippen molar-refractivity contribution in [1.82, 2.24) is 10.3 Å². The fourth-order valence-electron chi connectivity index (χ4n) is 3.69. The number of aryl methyl sites for hydroxylation is 1. The van der Waals surface area contributed by atoms with E-state index in [-0.39, 0.29) is 23.7 Å². The highest BCUT2D eigenvalue weighted by Gasteiger charge is 2.38. The molecule has 0 radical (unpaired) electrons. The SMILES string of the molecule is Cc1nc(-c2ccc(F)cc2)sc1C(C)NC(=O)C1CCCCC1(C)N. The molecule has 26 heavy (non-hydrogen) atoms. The third kappa shape index (κ3) is 3.96. The predicted molar refractivity (Wildman–Crippen MR) is 103 cm³/mol. The lowest BCUT2D eigenvalue weighted by Crippen LogP contribution is -2.53. The van der Waals surface area contributed by atoms with E-state index in [0.717, 1.165) is 46.8 Å². The largest absolute Gasteiger partial charge is 0.348 e. The van der Waals surface area contributed by atoms with Gasteiger partial charge in [0, 0.05) is 11.1 Å². The maximum atomic E-state index is 13.1. The molecule has 6 heteroatoms. The fourth-order valence-corrected chi connectivity index (χ4v) is 4.77. The van der Waals surface area contributed by atoms with Gasteiger partial charge in [-0.05, 0) is 57.9 Å². The number of thiazole rings is 1. The summed E-state index contributed by atoms with van der Waals surface area (Å²) in [6, 6.07) is 6.18. The van der Waals surface area contributed by atoms with E-state index in [1.807, 2.05) is 20.8 Å². The van der Waals surface area contributed by atoms with Gasteiger partial charge in [-0.3, -0.25) is 4.79 Å². The zero-order valence-corrected chi connectivity index (χ0v) is 16.3. The van der Waals surface area contributed by atoms with Crippen molar-refractivity contribution in [3.05, 3.63) is 40.7 Å². The summed E-state index contributed by atoms with van der Waals surface area (Å²) in [5, 5.41) is 3.96. The van der Waals surface area contributed by atoms with Gasteiger partial charge in [0.25, 0.3) is 0 Å². The van der Waals surface area contributed by atoms with E-state index in [0.29, 0.717) is 0 Å². The van der Waals surface area contributed by atoms with Gasteiger partial charge in [-0.1, -0.05) is 12.8 Å². The Bertz CT molecular complexity index is 785. The van der Waals surface area contributed by atoms with Crippen molar-refractivity contribution in [3.63, 3.8) is 0 Å². The molecule has 1 aromatic heterocycles. The first-order chi connectivity index (χ1) is 12.3. The van der Waals surface area contributed by atoms with Crippen molar-refractivity contribution in [2.24, 2.45) is 11.7 Å². The zero-order chi connectivity index (χ0) is 18.9. The quantitative estimate of drug-likeness (QED) is 0.835. The van der Waals surface area contributed by atoms with Gasteiger partial charge in [-0.2, -0.15) is 0 Å². The van der Waals surface area contributed by atoms with Crippen LogP contribution in [-0.4, -0.2) is 16.4 Å². The predicted octanol–water partition coefficient (Wildman–Crippen LogP) is 4.34. The second-order valence-electron chi connectivity index (χ2n) is 7.51. The van der Waals surface area contributed by atoms with E-state index in [4.69, 9.17) is 5.73 Å². The minimum Gasteiger partial charge on any atom is -0.348 e. The molecule has 0 saturated heterocycles. The Morgan fingerprint density at radius 2 is 2.08 bits per heavy atom. The second-order valence-corrected chi connectivity index (χ2v) is 8.54. The van der Waals surface area contributed by atoms with E-state index in [1.165, 1.54) is 23.5 Å². The van der Waals surface area contributed by atoms with Crippen LogP contribution in [0.15, 0.2) is 24.3 Å². The number of amides is 1. The van der Waals surface area contributed by atoms with Gasteiger partial charge in [0.05, 0.1) is 22.5 Å². The topological polar surface area (TPSA) is 68.0 Å². The number of carbonyl (C=O) groups excluding carboxylic acids is 1. The van der Waals surface area contributed by atoms with Crippen LogP contribution in [0.2, 0.25) is 0 Å². The Balaban J connectivity index is 1.74. The summed E-state index contributed by atoms with van der Waals surface area (Å²) >= 11 is 1.54. The summed E-state index contributed by atoms with van der Waals surface area (Å²) in [5.74, 6) is -0.387. The normalized spacial score (nSPS) is 24.3. The molecule has 140 valence electrons. The van der Waals surface area contributed by atoms with Crippen LogP contribution in [0, 0.1) is 18.7 Å². The zero-order valence-electron chi connectivity index (χ0n) is 15.5. The van der Waals surface area contributed by atoms with Crippen molar-refractivity contribution < 1.29 is 9.18 Å². The number of halogens is 1. The van der Waals surface area contributed by atoms with Crippen LogP contribution in [0.3, 0.4) is 0 Å². The van der Waals surface area contributed by atoms with Gasteiger partial charge < -0.3 is 11.1 Å². The van der Waals surface area contributed by atoms with Crippen LogP contribution in [0.1, 0.15) is 56.1 Å².